The van der Waals surface area contributed by atoms with E-state index in [9.17, 15) is 9.90 Å². The van der Waals surface area contributed by atoms with Crippen LogP contribution in [0, 0.1) is 0 Å². The molecule has 3 rings (SSSR count). The first-order valence-electron chi connectivity index (χ1n) is 7.85. The lowest BCUT2D eigenvalue weighted by atomic mass is 9.64. The van der Waals surface area contributed by atoms with Crippen molar-refractivity contribution in [3.63, 3.8) is 0 Å². The van der Waals surface area contributed by atoms with Gasteiger partial charge in [-0.3, -0.25) is 4.79 Å². The molecule has 0 saturated heterocycles. The summed E-state index contributed by atoms with van der Waals surface area (Å²) in [6.45, 7) is 0. The number of hydrogen-bond acceptors (Lipinski definition) is 3. The maximum absolute atomic E-state index is 11.7. The van der Waals surface area contributed by atoms with E-state index in [2.05, 4.69) is 15.9 Å². The van der Waals surface area contributed by atoms with E-state index in [4.69, 9.17) is 9.47 Å². The molecule has 120 valence electrons. The highest BCUT2D eigenvalue weighted by Crippen LogP contribution is 2.48. The molecule has 5 heteroatoms. The van der Waals surface area contributed by atoms with Gasteiger partial charge in [-0.1, -0.05) is 6.42 Å². The Kier molecular flexibility index (Phi) is 4.35. The van der Waals surface area contributed by atoms with Gasteiger partial charge in [0, 0.05) is 0 Å². The molecular formula is C17H21BrO4. The van der Waals surface area contributed by atoms with Crippen molar-refractivity contribution in [1.29, 1.82) is 0 Å². The van der Waals surface area contributed by atoms with Gasteiger partial charge in [0.05, 0.1) is 23.1 Å². The first-order chi connectivity index (χ1) is 10.6. The van der Waals surface area contributed by atoms with Gasteiger partial charge in [-0.05, 0) is 72.2 Å². The van der Waals surface area contributed by atoms with Crippen LogP contribution in [0.5, 0.6) is 11.5 Å². The first kappa shape index (κ1) is 15.7. The molecule has 0 aliphatic heterocycles. The monoisotopic (exact) mass is 368 g/mol. The highest BCUT2D eigenvalue weighted by atomic mass is 79.9. The van der Waals surface area contributed by atoms with Crippen molar-refractivity contribution < 1.29 is 19.4 Å². The van der Waals surface area contributed by atoms with Crippen molar-refractivity contribution in [2.75, 3.05) is 7.11 Å². The van der Waals surface area contributed by atoms with E-state index in [0.29, 0.717) is 24.3 Å². The Morgan fingerprint density at radius 3 is 2.45 bits per heavy atom. The Labute approximate surface area is 138 Å². The fourth-order valence-corrected chi connectivity index (χ4v) is 3.98. The van der Waals surface area contributed by atoms with Crippen LogP contribution >= 0.6 is 15.9 Å². The highest BCUT2D eigenvalue weighted by Gasteiger charge is 2.46. The number of ether oxygens (including phenoxy) is 2. The summed E-state index contributed by atoms with van der Waals surface area (Å²) in [5.41, 5.74) is 0.0376. The van der Waals surface area contributed by atoms with Gasteiger partial charge >= 0.3 is 5.97 Å². The molecule has 22 heavy (non-hydrogen) atoms. The van der Waals surface area contributed by atoms with Crippen LogP contribution in [-0.4, -0.2) is 24.3 Å². The van der Waals surface area contributed by atoms with E-state index in [1.54, 1.807) is 7.11 Å². The van der Waals surface area contributed by atoms with E-state index in [0.717, 1.165) is 29.3 Å². The molecule has 1 aromatic carbocycles. The average Bonchev–Trinajstić information content (AvgIpc) is 2.92. The van der Waals surface area contributed by atoms with Crippen molar-refractivity contribution in [2.45, 2.75) is 56.5 Å². The van der Waals surface area contributed by atoms with E-state index in [1.165, 1.54) is 12.8 Å². The van der Waals surface area contributed by atoms with Gasteiger partial charge in [-0.15, -0.1) is 0 Å². The Morgan fingerprint density at radius 1 is 1.27 bits per heavy atom. The van der Waals surface area contributed by atoms with Crippen LogP contribution in [-0.2, 0) is 10.2 Å². The topological polar surface area (TPSA) is 55.8 Å². The van der Waals surface area contributed by atoms with Crippen molar-refractivity contribution in [3.05, 3.63) is 22.2 Å². The lowest BCUT2D eigenvalue weighted by Gasteiger charge is -2.38. The fraction of sp³-hybridized carbons (Fsp3) is 0.588. The van der Waals surface area contributed by atoms with Crippen molar-refractivity contribution in [2.24, 2.45) is 0 Å². The molecule has 2 fully saturated rings. The van der Waals surface area contributed by atoms with Crippen LogP contribution in [0.2, 0.25) is 0 Å². The number of carboxylic acids is 1. The molecule has 2 aliphatic rings. The van der Waals surface area contributed by atoms with E-state index in [-0.39, 0.29) is 6.10 Å². The van der Waals surface area contributed by atoms with Gasteiger partial charge in [0.25, 0.3) is 0 Å². The van der Waals surface area contributed by atoms with Gasteiger partial charge < -0.3 is 14.6 Å². The minimum Gasteiger partial charge on any atom is -0.493 e. The van der Waals surface area contributed by atoms with E-state index in [1.807, 2.05) is 12.1 Å². The zero-order valence-corrected chi connectivity index (χ0v) is 14.3. The Hall–Kier alpha value is -1.23. The van der Waals surface area contributed by atoms with Gasteiger partial charge in [0.1, 0.15) is 0 Å². The molecule has 0 bridgehead atoms. The first-order valence-corrected chi connectivity index (χ1v) is 8.64. The molecule has 2 saturated carbocycles. The molecule has 0 heterocycles. The smallest absolute Gasteiger partial charge is 0.314 e. The van der Waals surface area contributed by atoms with E-state index >= 15 is 0 Å². The van der Waals surface area contributed by atoms with Crippen LogP contribution in [0.3, 0.4) is 0 Å². The summed E-state index contributed by atoms with van der Waals surface area (Å²) >= 11 is 3.54. The number of hydrogen-bond donors (Lipinski definition) is 1. The van der Waals surface area contributed by atoms with Crippen molar-refractivity contribution in [1.82, 2.24) is 0 Å². The number of methoxy groups -OCH3 is 1. The second kappa shape index (κ2) is 6.11. The Bertz CT molecular complexity index is 574. The molecule has 0 spiro atoms. The SMILES string of the molecule is COc1cc(C2(C(=O)O)CCC2)cc(Br)c1OC1CCCC1. The van der Waals surface area contributed by atoms with Crippen LogP contribution in [0.1, 0.15) is 50.5 Å². The predicted molar refractivity (Wildman–Crippen MR) is 86.7 cm³/mol. The summed E-state index contributed by atoms with van der Waals surface area (Å²) < 4.78 is 12.3. The summed E-state index contributed by atoms with van der Waals surface area (Å²) in [5.74, 6) is 0.555. The second-order valence-corrected chi connectivity index (χ2v) is 7.11. The molecule has 0 radical (unpaired) electrons. The van der Waals surface area contributed by atoms with E-state index < -0.39 is 11.4 Å². The predicted octanol–water partition coefficient (Wildman–Crippen LogP) is 4.29. The largest absolute Gasteiger partial charge is 0.493 e. The quantitative estimate of drug-likeness (QED) is 0.842. The number of carboxylic acid groups (broad SMARTS) is 1. The van der Waals surface area contributed by atoms with Crippen LogP contribution in [0.4, 0.5) is 0 Å². The zero-order valence-electron chi connectivity index (χ0n) is 12.7. The summed E-state index contributed by atoms with van der Waals surface area (Å²) in [6, 6.07) is 3.72. The maximum Gasteiger partial charge on any atom is 0.314 e. The molecule has 4 nitrogen and oxygen atoms in total. The maximum atomic E-state index is 11.7. The molecule has 1 aromatic rings. The highest BCUT2D eigenvalue weighted by molar-refractivity contribution is 9.10. The van der Waals surface area contributed by atoms with Gasteiger partial charge in [0.2, 0.25) is 0 Å². The third-order valence-electron chi connectivity index (χ3n) is 4.99. The standard InChI is InChI=1S/C17H21BrO4/c1-21-14-10-11(17(16(19)20)7-4-8-17)9-13(18)15(14)22-12-5-2-3-6-12/h9-10,12H,2-8H2,1H3,(H,19,20). The summed E-state index contributed by atoms with van der Waals surface area (Å²) in [4.78, 5) is 11.7. The zero-order chi connectivity index (χ0) is 15.7. The molecule has 0 aromatic heterocycles. The van der Waals surface area contributed by atoms with Crippen molar-refractivity contribution in [3.8, 4) is 11.5 Å². The Balaban J connectivity index is 1.94. The van der Waals surface area contributed by atoms with Gasteiger partial charge in [-0.25, -0.2) is 0 Å². The number of benzene rings is 1. The van der Waals surface area contributed by atoms with Gasteiger partial charge in [0.15, 0.2) is 11.5 Å². The second-order valence-electron chi connectivity index (χ2n) is 6.25. The summed E-state index contributed by atoms with van der Waals surface area (Å²) in [6.07, 6.45) is 7.07. The summed E-state index contributed by atoms with van der Waals surface area (Å²) in [7, 11) is 1.60. The number of rotatable bonds is 5. The minimum absolute atomic E-state index is 0.230. The molecule has 0 amide bonds. The third kappa shape index (κ3) is 2.60. The van der Waals surface area contributed by atoms with Crippen LogP contribution < -0.4 is 9.47 Å². The molecule has 0 unspecified atom stereocenters. The molecular weight excluding hydrogens is 348 g/mol. The molecule has 2 aliphatic carbocycles. The third-order valence-corrected chi connectivity index (χ3v) is 5.57. The van der Waals surface area contributed by atoms with Crippen molar-refractivity contribution >= 4 is 21.9 Å². The number of halogens is 1. The summed E-state index contributed by atoms with van der Waals surface area (Å²) in [5, 5.41) is 9.60. The van der Waals surface area contributed by atoms with Crippen LogP contribution in [0.25, 0.3) is 0 Å². The lowest BCUT2D eigenvalue weighted by molar-refractivity contribution is -0.147. The van der Waals surface area contributed by atoms with Gasteiger partial charge in [-0.2, -0.15) is 0 Å². The fourth-order valence-electron chi connectivity index (χ4n) is 3.44. The number of carbonyl (C=O) groups is 1. The normalized spacial score (nSPS) is 20.5. The average molecular weight is 369 g/mol. The molecule has 0 atom stereocenters. The lowest BCUT2D eigenvalue weighted by Crippen LogP contribution is -2.42. The molecule has 1 N–H and O–H groups in total. The number of aliphatic carboxylic acids is 1. The Morgan fingerprint density at radius 2 is 1.95 bits per heavy atom. The minimum atomic E-state index is -0.762. The van der Waals surface area contributed by atoms with Crippen LogP contribution in [0.15, 0.2) is 16.6 Å².